The molecule has 1 aliphatic heterocycles. The van der Waals surface area contributed by atoms with Crippen LogP contribution >= 0.6 is 11.8 Å². The number of thioether (sulfide) groups is 1. The molecule has 0 fully saturated rings. The minimum Gasteiger partial charge on any atom is -0.507 e. The summed E-state index contributed by atoms with van der Waals surface area (Å²) in [6.45, 7) is 0. The molecular formula is C11H10O3S. The standard InChI is InChI=1S/C11H10O3S/c12-5-4-7-6-9(14)11-8(13)2-1-3-10(11)15-7/h1-3,5,7,13H,4,6H2/t7-/m1/s1. The van der Waals surface area contributed by atoms with Gasteiger partial charge in [-0.1, -0.05) is 6.07 Å². The van der Waals surface area contributed by atoms with Gasteiger partial charge in [0.2, 0.25) is 0 Å². The maximum atomic E-state index is 11.7. The van der Waals surface area contributed by atoms with E-state index in [-0.39, 0.29) is 16.8 Å². The summed E-state index contributed by atoms with van der Waals surface area (Å²) in [6, 6.07) is 5.02. The minimum absolute atomic E-state index is 0.0179. The van der Waals surface area contributed by atoms with Gasteiger partial charge in [0.1, 0.15) is 12.0 Å². The topological polar surface area (TPSA) is 54.4 Å². The van der Waals surface area contributed by atoms with Gasteiger partial charge < -0.3 is 9.90 Å². The molecule has 0 spiro atoms. The summed E-state index contributed by atoms with van der Waals surface area (Å²) in [4.78, 5) is 22.9. The van der Waals surface area contributed by atoms with Crippen molar-refractivity contribution in [3.63, 3.8) is 0 Å². The number of phenolic OH excluding ortho intramolecular Hbond substituents is 1. The largest absolute Gasteiger partial charge is 0.507 e. The smallest absolute Gasteiger partial charge is 0.168 e. The molecule has 0 saturated carbocycles. The summed E-state index contributed by atoms with van der Waals surface area (Å²) in [5, 5.41) is 9.56. The number of fused-ring (bicyclic) bond motifs is 1. The molecule has 15 heavy (non-hydrogen) atoms. The lowest BCUT2D eigenvalue weighted by Gasteiger charge is -2.21. The van der Waals surface area contributed by atoms with Crippen molar-refractivity contribution in [2.24, 2.45) is 0 Å². The summed E-state index contributed by atoms with van der Waals surface area (Å²) in [6.07, 6.45) is 1.54. The average molecular weight is 222 g/mol. The fourth-order valence-corrected chi connectivity index (χ4v) is 2.93. The van der Waals surface area contributed by atoms with Crippen molar-refractivity contribution in [1.82, 2.24) is 0 Å². The first-order valence-electron chi connectivity index (χ1n) is 4.68. The van der Waals surface area contributed by atoms with E-state index in [4.69, 9.17) is 0 Å². The van der Waals surface area contributed by atoms with Crippen molar-refractivity contribution in [1.29, 1.82) is 0 Å². The highest BCUT2D eigenvalue weighted by Gasteiger charge is 2.27. The van der Waals surface area contributed by atoms with E-state index in [1.54, 1.807) is 12.1 Å². The molecule has 78 valence electrons. The van der Waals surface area contributed by atoms with Crippen molar-refractivity contribution in [3.8, 4) is 5.75 Å². The van der Waals surface area contributed by atoms with E-state index in [2.05, 4.69) is 0 Å². The van der Waals surface area contributed by atoms with E-state index in [1.165, 1.54) is 17.8 Å². The lowest BCUT2D eigenvalue weighted by atomic mass is 10.0. The maximum absolute atomic E-state index is 11.7. The number of phenols is 1. The number of carbonyl (C=O) groups is 2. The van der Waals surface area contributed by atoms with Crippen molar-refractivity contribution in [3.05, 3.63) is 23.8 Å². The van der Waals surface area contributed by atoms with Crippen LogP contribution in [0, 0.1) is 0 Å². The molecule has 3 nitrogen and oxygen atoms in total. The van der Waals surface area contributed by atoms with Crippen molar-refractivity contribution in [2.75, 3.05) is 0 Å². The van der Waals surface area contributed by atoms with Gasteiger partial charge in [-0.05, 0) is 12.1 Å². The van der Waals surface area contributed by atoms with Crippen LogP contribution in [-0.2, 0) is 4.79 Å². The van der Waals surface area contributed by atoms with Crippen LogP contribution in [0.3, 0.4) is 0 Å². The number of benzene rings is 1. The molecule has 0 aromatic heterocycles. The summed E-state index contributed by atoms with van der Waals surface area (Å²) in [7, 11) is 0. The van der Waals surface area contributed by atoms with Crippen LogP contribution in [0.5, 0.6) is 5.75 Å². The zero-order valence-corrected chi connectivity index (χ0v) is 8.79. The molecular weight excluding hydrogens is 212 g/mol. The third kappa shape index (κ3) is 1.90. The number of hydrogen-bond donors (Lipinski definition) is 1. The third-order valence-electron chi connectivity index (χ3n) is 2.35. The van der Waals surface area contributed by atoms with Crippen LogP contribution in [0.25, 0.3) is 0 Å². The number of rotatable bonds is 2. The fraction of sp³-hybridized carbons (Fsp3) is 0.273. The van der Waals surface area contributed by atoms with Gasteiger partial charge in [-0.2, -0.15) is 0 Å². The van der Waals surface area contributed by atoms with Gasteiger partial charge in [0, 0.05) is 23.0 Å². The molecule has 0 saturated heterocycles. The average Bonchev–Trinajstić information content (AvgIpc) is 2.17. The molecule has 1 aromatic carbocycles. The van der Waals surface area contributed by atoms with Crippen LogP contribution in [0.4, 0.5) is 0 Å². The van der Waals surface area contributed by atoms with Crippen molar-refractivity contribution in [2.45, 2.75) is 23.0 Å². The highest BCUT2D eigenvalue weighted by atomic mass is 32.2. The quantitative estimate of drug-likeness (QED) is 0.778. The Kier molecular flexibility index (Phi) is 2.77. The van der Waals surface area contributed by atoms with E-state index < -0.39 is 0 Å². The van der Waals surface area contributed by atoms with E-state index in [0.29, 0.717) is 18.4 Å². The second kappa shape index (κ2) is 4.06. The number of carbonyl (C=O) groups excluding carboxylic acids is 2. The highest BCUT2D eigenvalue weighted by molar-refractivity contribution is 8.00. The first-order valence-corrected chi connectivity index (χ1v) is 5.56. The van der Waals surface area contributed by atoms with Gasteiger partial charge in [0.15, 0.2) is 5.78 Å². The molecule has 0 bridgehead atoms. The van der Waals surface area contributed by atoms with E-state index in [9.17, 15) is 14.7 Å². The lowest BCUT2D eigenvalue weighted by Crippen LogP contribution is -2.17. The summed E-state index contributed by atoms with van der Waals surface area (Å²) in [5.41, 5.74) is 0.407. The minimum atomic E-state index is -0.0753. The zero-order valence-electron chi connectivity index (χ0n) is 7.97. The molecule has 1 N–H and O–H groups in total. The van der Waals surface area contributed by atoms with Crippen LogP contribution < -0.4 is 0 Å². The molecule has 0 radical (unpaired) electrons. The van der Waals surface area contributed by atoms with E-state index >= 15 is 0 Å². The fourth-order valence-electron chi connectivity index (χ4n) is 1.67. The van der Waals surface area contributed by atoms with E-state index in [0.717, 1.165) is 11.2 Å². The Hall–Kier alpha value is -1.29. The number of aldehydes is 1. The Morgan fingerprint density at radius 3 is 3.07 bits per heavy atom. The summed E-state index contributed by atoms with van der Waals surface area (Å²) in [5.74, 6) is -0.0387. The van der Waals surface area contributed by atoms with Crippen LogP contribution in [0.2, 0.25) is 0 Å². The van der Waals surface area contributed by atoms with Gasteiger partial charge in [-0.25, -0.2) is 0 Å². The number of hydrogen-bond acceptors (Lipinski definition) is 4. The summed E-state index contributed by atoms with van der Waals surface area (Å²) < 4.78 is 0. The van der Waals surface area contributed by atoms with Gasteiger partial charge in [-0.15, -0.1) is 11.8 Å². The molecule has 1 aromatic rings. The van der Waals surface area contributed by atoms with Gasteiger partial charge in [-0.3, -0.25) is 4.79 Å². The zero-order chi connectivity index (χ0) is 10.8. The molecule has 1 aliphatic rings. The van der Waals surface area contributed by atoms with Crippen LogP contribution in [0.1, 0.15) is 23.2 Å². The van der Waals surface area contributed by atoms with Gasteiger partial charge >= 0.3 is 0 Å². The molecule has 1 atom stereocenters. The van der Waals surface area contributed by atoms with Crippen molar-refractivity contribution < 1.29 is 14.7 Å². The van der Waals surface area contributed by atoms with Gasteiger partial charge in [0.05, 0.1) is 5.56 Å². The third-order valence-corrected chi connectivity index (χ3v) is 3.64. The molecule has 1 heterocycles. The van der Waals surface area contributed by atoms with Crippen molar-refractivity contribution >= 4 is 23.8 Å². The summed E-state index contributed by atoms with van der Waals surface area (Å²) >= 11 is 1.49. The lowest BCUT2D eigenvalue weighted by molar-refractivity contribution is -0.107. The SMILES string of the molecule is O=CC[C@@H]1CC(=O)c2c(O)cccc2S1. The Morgan fingerprint density at radius 2 is 2.33 bits per heavy atom. The Labute approximate surface area is 91.5 Å². The highest BCUT2D eigenvalue weighted by Crippen LogP contribution is 2.39. The van der Waals surface area contributed by atoms with Gasteiger partial charge in [0.25, 0.3) is 0 Å². The molecule has 0 aliphatic carbocycles. The molecule has 4 heteroatoms. The van der Waals surface area contributed by atoms with Crippen LogP contribution in [0.15, 0.2) is 23.1 Å². The normalized spacial score (nSPS) is 19.7. The van der Waals surface area contributed by atoms with Crippen LogP contribution in [-0.4, -0.2) is 22.4 Å². The first-order chi connectivity index (χ1) is 7.22. The predicted octanol–water partition coefficient (Wildman–Crippen LogP) is 2.03. The Balaban J connectivity index is 2.36. The predicted molar refractivity (Wildman–Crippen MR) is 57.4 cm³/mol. The second-order valence-electron chi connectivity index (χ2n) is 3.42. The molecule has 0 unspecified atom stereocenters. The monoisotopic (exact) mass is 222 g/mol. The van der Waals surface area contributed by atoms with E-state index in [1.807, 2.05) is 0 Å². The first kappa shape index (κ1) is 10.2. The number of ketones is 1. The molecule has 0 amide bonds. The Bertz CT molecular complexity index is 414. The number of Topliss-reactive ketones (excluding diaryl/α,β-unsaturated/α-hetero) is 1. The molecule has 2 rings (SSSR count). The Morgan fingerprint density at radius 1 is 1.53 bits per heavy atom. The maximum Gasteiger partial charge on any atom is 0.168 e. The second-order valence-corrected chi connectivity index (χ2v) is 4.76. The number of aromatic hydroxyl groups is 1.